The van der Waals surface area contributed by atoms with E-state index in [-0.39, 0.29) is 5.91 Å². The second-order valence-corrected chi connectivity index (χ2v) is 9.79. The summed E-state index contributed by atoms with van der Waals surface area (Å²) >= 11 is 4.29. The molecule has 0 bridgehead atoms. The minimum absolute atomic E-state index is 0.0634. The molecule has 2 aromatic heterocycles. The molecule has 0 spiro atoms. The molecule has 5 rings (SSSR count). The zero-order chi connectivity index (χ0) is 21.6. The summed E-state index contributed by atoms with van der Waals surface area (Å²) in [5, 5.41) is 8.85. The van der Waals surface area contributed by atoms with Crippen LogP contribution in [0.3, 0.4) is 0 Å². The number of benzene rings is 1. The van der Waals surface area contributed by atoms with Gasteiger partial charge in [-0.2, -0.15) is 18.3 Å². The van der Waals surface area contributed by atoms with Crippen LogP contribution in [0.5, 0.6) is 0 Å². The van der Waals surface area contributed by atoms with E-state index >= 15 is 0 Å². The smallest absolute Gasteiger partial charge is 0.293 e. The fraction of sp³-hybridized carbons (Fsp3) is 0.200. The lowest BCUT2D eigenvalue weighted by molar-refractivity contribution is -0.137. The van der Waals surface area contributed by atoms with Gasteiger partial charge in [-0.05, 0) is 34.5 Å². The Morgan fingerprint density at radius 1 is 1.13 bits per heavy atom. The molecule has 5 nitrogen and oxygen atoms in total. The number of nitrogens with one attached hydrogen (secondary N) is 1. The van der Waals surface area contributed by atoms with Crippen LogP contribution in [-0.2, 0) is 18.5 Å². The first-order valence-electron chi connectivity index (χ1n) is 9.24. The summed E-state index contributed by atoms with van der Waals surface area (Å²) in [6.07, 6.45) is -4.85. The summed E-state index contributed by atoms with van der Waals surface area (Å²) in [6.45, 7) is 0.448. The van der Waals surface area contributed by atoms with Gasteiger partial charge in [0.15, 0.2) is 5.17 Å². The zero-order valence-electron chi connectivity index (χ0n) is 15.8. The Morgan fingerprint density at radius 2 is 2.00 bits per heavy atom. The topological polar surface area (TPSA) is 47.9 Å². The van der Waals surface area contributed by atoms with Crippen molar-refractivity contribution < 1.29 is 18.0 Å². The average Bonchev–Trinajstić information content (AvgIpc) is 3.49. The second-order valence-electron chi connectivity index (χ2n) is 6.90. The minimum atomic E-state index is -4.38. The van der Waals surface area contributed by atoms with E-state index < -0.39 is 18.0 Å². The molecule has 1 N–H and O–H groups in total. The number of amidine groups is 1. The van der Waals surface area contributed by atoms with Crippen LogP contribution in [0.25, 0.3) is 0 Å². The van der Waals surface area contributed by atoms with E-state index in [0.717, 1.165) is 22.7 Å². The highest BCUT2D eigenvalue weighted by molar-refractivity contribution is 8.13. The number of fused-ring (bicyclic) bond motifs is 3. The lowest BCUT2D eigenvalue weighted by Crippen LogP contribution is -2.57. The molecule has 160 valence electrons. The number of hydrazone groups is 1. The van der Waals surface area contributed by atoms with Gasteiger partial charge in [0.1, 0.15) is 4.88 Å². The Balaban J connectivity index is 1.38. The SMILES string of the molecule is O=C1c2sccc2N2C(SCc3cccc(C(F)(F)F)c3)=NNC2N1Cc1cccs1. The molecular formula is C20H15F3N4OS3. The fourth-order valence-electron chi connectivity index (χ4n) is 3.48. The maximum atomic E-state index is 13.1. The maximum Gasteiger partial charge on any atom is 0.416 e. The quantitative estimate of drug-likeness (QED) is 0.545. The van der Waals surface area contributed by atoms with E-state index in [2.05, 4.69) is 10.5 Å². The van der Waals surface area contributed by atoms with E-state index in [1.807, 2.05) is 33.9 Å². The van der Waals surface area contributed by atoms with Gasteiger partial charge in [0.2, 0.25) is 6.29 Å². The van der Waals surface area contributed by atoms with Gasteiger partial charge in [-0.1, -0.05) is 36.0 Å². The molecule has 4 heterocycles. The summed E-state index contributed by atoms with van der Waals surface area (Å²) in [5.74, 6) is 0.262. The number of nitrogens with zero attached hydrogens (tertiary/aromatic N) is 3. The van der Waals surface area contributed by atoms with Crippen LogP contribution in [0.1, 0.15) is 25.7 Å². The molecule has 31 heavy (non-hydrogen) atoms. The summed E-state index contributed by atoms with van der Waals surface area (Å²) in [7, 11) is 0. The van der Waals surface area contributed by atoms with Crippen molar-refractivity contribution >= 4 is 51.2 Å². The van der Waals surface area contributed by atoms with E-state index in [9.17, 15) is 18.0 Å². The molecular weight excluding hydrogens is 465 g/mol. The van der Waals surface area contributed by atoms with E-state index in [4.69, 9.17) is 0 Å². The number of hydrogen-bond donors (Lipinski definition) is 1. The highest BCUT2D eigenvalue weighted by Crippen LogP contribution is 2.39. The number of amides is 1. The number of carbonyl (C=O) groups is 1. The van der Waals surface area contributed by atoms with Crippen LogP contribution in [0.2, 0.25) is 0 Å². The molecule has 0 saturated carbocycles. The van der Waals surface area contributed by atoms with Crippen LogP contribution in [-0.4, -0.2) is 22.3 Å². The van der Waals surface area contributed by atoms with Gasteiger partial charge in [-0.15, -0.1) is 22.7 Å². The number of halogens is 3. The van der Waals surface area contributed by atoms with Gasteiger partial charge < -0.3 is 0 Å². The molecule has 3 aromatic rings. The molecule has 11 heteroatoms. The number of hydrogen-bond acceptors (Lipinski definition) is 7. The third-order valence-corrected chi connectivity index (χ3v) is 7.69. The summed E-state index contributed by atoms with van der Waals surface area (Å²) < 4.78 is 39.0. The zero-order valence-corrected chi connectivity index (χ0v) is 18.2. The third kappa shape index (κ3) is 3.81. The van der Waals surface area contributed by atoms with Gasteiger partial charge in [0.25, 0.3) is 5.91 Å². The molecule has 1 aromatic carbocycles. The fourth-order valence-corrected chi connectivity index (χ4v) is 5.95. The van der Waals surface area contributed by atoms with Crippen LogP contribution >= 0.6 is 34.4 Å². The van der Waals surface area contributed by atoms with Gasteiger partial charge in [0, 0.05) is 10.6 Å². The van der Waals surface area contributed by atoms with Crippen LogP contribution in [0, 0.1) is 0 Å². The van der Waals surface area contributed by atoms with Gasteiger partial charge >= 0.3 is 6.18 Å². The Bertz CT molecular complexity index is 1140. The molecule has 0 fully saturated rings. The normalized spacial score (nSPS) is 18.0. The Labute approximate surface area is 188 Å². The lowest BCUT2D eigenvalue weighted by Gasteiger charge is -2.39. The standard InChI is InChI=1S/C20H15F3N4OS3/c21-20(22,23)13-4-1-3-12(9-13)11-31-19-25-24-18-26(10-14-5-2-7-29-14)17(28)16-15(27(18)19)6-8-30-16/h1-9,18,24H,10-11H2. The van der Waals surface area contributed by atoms with Crippen molar-refractivity contribution in [1.29, 1.82) is 0 Å². The maximum absolute atomic E-state index is 13.1. The average molecular weight is 481 g/mol. The highest BCUT2D eigenvalue weighted by atomic mass is 32.2. The van der Waals surface area contributed by atoms with Gasteiger partial charge in [-0.25, -0.2) is 0 Å². The monoisotopic (exact) mass is 480 g/mol. The number of thiophene rings is 2. The first-order valence-corrected chi connectivity index (χ1v) is 12.0. The van der Waals surface area contributed by atoms with Crippen molar-refractivity contribution in [3.05, 3.63) is 74.1 Å². The summed E-state index contributed by atoms with van der Waals surface area (Å²) in [6, 6.07) is 11.1. The summed E-state index contributed by atoms with van der Waals surface area (Å²) in [5.41, 5.74) is 3.69. The van der Waals surface area contributed by atoms with Crippen molar-refractivity contribution in [1.82, 2.24) is 10.3 Å². The number of alkyl halides is 3. The second kappa shape index (κ2) is 7.88. The van der Waals surface area contributed by atoms with Gasteiger partial charge in [0.05, 0.1) is 17.8 Å². The lowest BCUT2D eigenvalue weighted by atomic mass is 10.1. The molecule has 0 saturated heterocycles. The highest BCUT2D eigenvalue weighted by Gasteiger charge is 2.44. The molecule has 1 unspecified atom stereocenters. The van der Waals surface area contributed by atoms with Crippen molar-refractivity contribution in [2.24, 2.45) is 5.10 Å². The molecule has 2 aliphatic heterocycles. The van der Waals surface area contributed by atoms with Crippen molar-refractivity contribution in [2.45, 2.75) is 24.8 Å². The Hall–Kier alpha value is -2.50. The number of carbonyl (C=O) groups excluding carboxylic acids is 1. The van der Waals surface area contributed by atoms with E-state index in [1.54, 1.807) is 22.3 Å². The minimum Gasteiger partial charge on any atom is -0.293 e. The Morgan fingerprint density at radius 3 is 2.77 bits per heavy atom. The molecule has 2 aliphatic rings. The van der Waals surface area contributed by atoms with Crippen LogP contribution < -0.4 is 10.3 Å². The first kappa shape index (κ1) is 20.4. The number of rotatable bonds is 4. The predicted molar refractivity (Wildman–Crippen MR) is 118 cm³/mol. The van der Waals surface area contributed by atoms with Crippen molar-refractivity contribution in [2.75, 3.05) is 4.90 Å². The Kier molecular flexibility index (Phi) is 5.19. The van der Waals surface area contributed by atoms with Crippen molar-refractivity contribution in [3.63, 3.8) is 0 Å². The summed E-state index contributed by atoms with van der Waals surface area (Å²) in [4.78, 5) is 18.4. The molecule has 0 radical (unpaired) electrons. The largest absolute Gasteiger partial charge is 0.416 e. The van der Waals surface area contributed by atoms with E-state index in [1.165, 1.54) is 29.2 Å². The van der Waals surface area contributed by atoms with Gasteiger partial charge in [-0.3, -0.25) is 20.0 Å². The van der Waals surface area contributed by atoms with E-state index in [0.29, 0.717) is 27.9 Å². The number of thioether (sulfide) groups is 1. The molecule has 1 atom stereocenters. The van der Waals surface area contributed by atoms with Crippen LogP contribution in [0.15, 0.2) is 58.3 Å². The predicted octanol–water partition coefficient (Wildman–Crippen LogP) is 5.38. The first-order chi connectivity index (χ1) is 14.9. The molecule has 0 aliphatic carbocycles. The van der Waals surface area contributed by atoms with Crippen molar-refractivity contribution in [3.8, 4) is 0 Å². The number of anilines is 1. The van der Waals surface area contributed by atoms with Crippen LogP contribution in [0.4, 0.5) is 18.9 Å². The third-order valence-electron chi connectivity index (χ3n) is 4.91. The molecule has 1 amide bonds.